The number of benzene rings is 2. The van der Waals surface area contributed by atoms with Gasteiger partial charge in [0.1, 0.15) is 0 Å². The Balaban J connectivity index is 2.33. The van der Waals surface area contributed by atoms with E-state index in [4.69, 9.17) is 23.2 Å². The number of hydrogen-bond donors (Lipinski definition) is 1. The molecule has 0 spiro atoms. The van der Waals surface area contributed by atoms with Gasteiger partial charge in [0.05, 0.1) is 14.9 Å². The summed E-state index contributed by atoms with van der Waals surface area (Å²) in [6.07, 6.45) is 1.11. The molecule has 116 valence electrons. The minimum Gasteiger partial charge on any atom is -0.322 e. The third-order valence-corrected chi connectivity index (χ3v) is 4.92. The Hall–Kier alpha value is -1.56. The molecule has 2 aromatic carbocycles. The summed E-state index contributed by atoms with van der Waals surface area (Å²) >= 11 is 11.7. The van der Waals surface area contributed by atoms with Gasteiger partial charge in [-0.05, 0) is 42.8 Å². The molecule has 2 rings (SSSR count). The Morgan fingerprint density at radius 2 is 1.73 bits per heavy atom. The summed E-state index contributed by atoms with van der Waals surface area (Å²) in [5.74, 6) is -0.396. The molecule has 2 aromatic rings. The average molecular weight is 358 g/mol. The van der Waals surface area contributed by atoms with E-state index in [1.807, 2.05) is 0 Å². The number of carbonyl (C=O) groups is 1. The van der Waals surface area contributed by atoms with Crippen molar-refractivity contribution in [3.05, 3.63) is 57.6 Å². The highest BCUT2D eigenvalue weighted by Gasteiger charge is 2.13. The van der Waals surface area contributed by atoms with E-state index in [-0.39, 0.29) is 9.92 Å². The van der Waals surface area contributed by atoms with Crippen LogP contribution in [0.3, 0.4) is 0 Å². The van der Waals surface area contributed by atoms with Crippen LogP contribution in [0.1, 0.15) is 15.9 Å². The van der Waals surface area contributed by atoms with Crippen LogP contribution in [-0.2, 0) is 9.84 Å². The average Bonchev–Trinajstić information content (AvgIpc) is 2.43. The maximum absolute atomic E-state index is 12.2. The van der Waals surface area contributed by atoms with Gasteiger partial charge < -0.3 is 5.32 Å². The normalized spacial score (nSPS) is 11.3. The molecule has 0 saturated heterocycles. The first kappa shape index (κ1) is 16.8. The van der Waals surface area contributed by atoms with Gasteiger partial charge in [-0.3, -0.25) is 4.79 Å². The van der Waals surface area contributed by atoms with Crippen molar-refractivity contribution in [2.75, 3.05) is 11.6 Å². The fourth-order valence-electron chi connectivity index (χ4n) is 1.80. The maximum Gasteiger partial charge on any atom is 0.255 e. The van der Waals surface area contributed by atoms with Crippen LogP contribution >= 0.6 is 23.2 Å². The molecule has 0 bridgehead atoms. The highest BCUT2D eigenvalue weighted by Crippen LogP contribution is 2.24. The summed E-state index contributed by atoms with van der Waals surface area (Å²) in [5, 5.41) is 3.31. The molecule has 0 aromatic heterocycles. The van der Waals surface area contributed by atoms with Crippen molar-refractivity contribution in [2.24, 2.45) is 0 Å². The van der Waals surface area contributed by atoms with Crippen molar-refractivity contribution in [1.82, 2.24) is 0 Å². The number of rotatable bonds is 3. The monoisotopic (exact) mass is 357 g/mol. The zero-order chi connectivity index (χ0) is 16.5. The second kappa shape index (κ2) is 6.28. The van der Waals surface area contributed by atoms with Gasteiger partial charge in [-0.25, -0.2) is 8.42 Å². The molecule has 0 heterocycles. The van der Waals surface area contributed by atoms with E-state index < -0.39 is 15.7 Å². The minimum atomic E-state index is -3.34. The fraction of sp³-hybridized carbons (Fsp3) is 0.133. The highest BCUT2D eigenvalue weighted by molar-refractivity contribution is 7.90. The summed E-state index contributed by atoms with van der Waals surface area (Å²) in [4.78, 5) is 12.4. The van der Waals surface area contributed by atoms with Crippen molar-refractivity contribution in [2.45, 2.75) is 11.8 Å². The molecule has 0 radical (unpaired) electrons. The van der Waals surface area contributed by atoms with Gasteiger partial charge in [0.2, 0.25) is 0 Å². The van der Waals surface area contributed by atoms with E-state index in [2.05, 4.69) is 5.32 Å². The second-order valence-electron chi connectivity index (χ2n) is 4.83. The lowest BCUT2D eigenvalue weighted by Crippen LogP contribution is -2.13. The van der Waals surface area contributed by atoms with Gasteiger partial charge in [0, 0.05) is 17.5 Å². The molecule has 0 saturated carbocycles. The number of aryl methyl sites for hydroxylation is 1. The quantitative estimate of drug-likeness (QED) is 0.903. The van der Waals surface area contributed by atoms with Crippen LogP contribution in [0.25, 0.3) is 0 Å². The molecule has 0 aliphatic heterocycles. The predicted octanol–water partition coefficient (Wildman–Crippen LogP) is 3.96. The number of sulfone groups is 1. The van der Waals surface area contributed by atoms with Gasteiger partial charge in [-0.15, -0.1) is 0 Å². The molecular formula is C15H13Cl2NO3S. The fourth-order valence-corrected chi connectivity index (χ4v) is 2.74. The molecule has 0 aliphatic carbocycles. The van der Waals surface area contributed by atoms with Gasteiger partial charge in [0.15, 0.2) is 9.84 Å². The van der Waals surface area contributed by atoms with Crippen molar-refractivity contribution in [3.8, 4) is 0 Å². The van der Waals surface area contributed by atoms with E-state index >= 15 is 0 Å². The van der Waals surface area contributed by atoms with Gasteiger partial charge in [0.25, 0.3) is 5.91 Å². The number of nitrogens with one attached hydrogen (secondary N) is 1. The van der Waals surface area contributed by atoms with E-state index in [1.54, 1.807) is 19.1 Å². The molecular weight excluding hydrogens is 345 g/mol. The summed E-state index contributed by atoms with van der Waals surface area (Å²) < 4.78 is 23.2. The van der Waals surface area contributed by atoms with Gasteiger partial charge >= 0.3 is 0 Å². The summed E-state index contributed by atoms with van der Waals surface area (Å²) in [5.41, 5.74) is 1.51. The van der Waals surface area contributed by atoms with Crippen molar-refractivity contribution in [1.29, 1.82) is 0 Å². The van der Waals surface area contributed by atoms with Crippen molar-refractivity contribution in [3.63, 3.8) is 0 Å². The lowest BCUT2D eigenvalue weighted by Gasteiger charge is -2.10. The van der Waals surface area contributed by atoms with Gasteiger partial charge in [-0.1, -0.05) is 29.3 Å². The van der Waals surface area contributed by atoms with Crippen LogP contribution in [0.2, 0.25) is 10.0 Å². The molecule has 7 heteroatoms. The van der Waals surface area contributed by atoms with Crippen molar-refractivity contribution >= 4 is 44.6 Å². The van der Waals surface area contributed by atoms with Crippen LogP contribution < -0.4 is 5.32 Å². The van der Waals surface area contributed by atoms with E-state index in [0.29, 0.717) is 16.3 Å². The highest BCUT2D eigenvalue weighted by atomic mass is 35.5. The Labute approximate surface area is 139 Å². The maximum atomic E-state index is 12.2. The lowest BCUT2D eigenvalue weighted by atomic mass is 10.1. The Morgan fingerprint density at radius 3 is 2.32 bits per heavy atom. The van der Waals surface area contributed by atoms with E-state index in [9.17, 15) is 13.2 Å². The van der Waals surface area contributed by atoms with Gasteiger partial charge in [-0.2, -0.15) is 0 Å². The Bertz CT molecular complexity index is 848. The first-order valence-electron chi connectivity index (χ1n) is 6.25. The largest absolute Gasteiger partial charge is 0.322 e. The number of anilines is 1. The minimum absolute atomic E-state index is 0.141. The molecule has 4 nitrogen and oxygen atoms in total. The number of halogens is 2. The second-order valence-corrected chi connectivity index (χ2v) is 7.66. The van der Waals surface area contributed by atoms with Crippen LogP contribution in [0.15, 0.2) is 41.3 Å². The zero-order valence-corrected chi connectivity index (χ0v) is 14.2. The molecule has 0 fully saturated rings. The first-order chi connectivity index (χ1) is 10.2. The number of amides is 1. The third-order valence-electron chi connectivity index (χ3n) is 3.07. The van der Waals surface area contributed by atoms with Crippen LogP contribution in [0.5, 0.6) is 0 Å². The molecule has 1 amide bonds. The topological polar surface area (TPSA) is 63.2 Å². The third kappa shape index (κ3) is 3.80. The Morgan fingerprint density at radius 1 is 1.05 bits per heavy atom. The molecule has 22 heavy (non-hydrogen) atoms. The van der Waals surface area contributed by atoms with E-state index in [0.717, 1.165) is 11.8 Å². The Kier molecular flexibility index (Phi) is 4.80. The summed E-state index contributed by atoms with van der Waals surface area (Å²) in [7, 11) is -3.34. The van der Waals surface area contributed by atoms with Crippen LogP contribution in [0.4, 0.5) is 5.69 Å². The molecule has 1 N–H and O–H groups in total. The molecule has 0 aliphatic rings. The van der Waals surface area contributed by atoms with E-state index in [1.165, 1.54) is 24.3 Å². The lowest BCUT2D eigenvalue weighted by molar-refractivity contribution is 0.102. The summed E-state index contributed by atoms with van der Waals surface area (Å²) in [6, 6.07) is 9.09. The summed E-state index contributed by atoms with van der Waals surface area (Å²) in [6.45, 7) is 1.77. The zero-order valence-electron chi connectivity index (χ0n) is 11.9. The SMILES string of the molecule is Cc1ccc(S(C)(=O)=O)cc1NC(=O)c1ccc(Cl)c(Cl)c1. The molecule has 0 atom stereocenters. The smallest absolute Gasteiger partial charge is 0.255 e. The predicted molar refractivity (Wildman–Crippen MR) is 88.7 cm³/mol. The molecule has 0 unspecified atom stereocenters. The first-order valence-corrected chi connectivity index (χ1v) is 8.90. The standard InChI is InChI=1S/C15H13Cl2NO3S/c1-9-3-5-11(22(2,20)21)8-14(9)18-15(19)10-4-6-12(16)13(17)7-10/h3-8H,1-2H3,(H,18,19). The number of carbonyl (C=O) groups excluding carboxylic acids is 1. The van der Waals surface area contributed by atoms with Crippen LogP contribution in [0, 0.1) is 6.92 Å². The van der Waals surface area contributed by atoms with Crippen LogP contribution in [-0.4, -0.2) is 20.6 Å². The number of hydrogen-bond acceptors (Lipinski definition) is 3. The van der Waals surface area contributed by atoms with Crippen molar-refractivity contribution < 1.29 is 13.2 Å².